The van der Waals surface area contributed by atoms with E-state index in [1.165, 1.54) is 0 Å². The van der Waals surface area contributed by atoms with Crippen molar-refractivity contribution in [2.24, 2.45) is 0 Å². The number of morpholine rings is 1. The fourth-order valence-corrected chi connectivity index (χ4v) is 2.34. The van der Waals surface area contributed by atoms with E-state index in [0.29, 0.717) is 30.9 Å². The highest BCUT2D eigenvalue weighted by Gasteiger charge is 2.22. The van der Waals surface area contributed by atoms with Crippen LogP contribution < -0.4 is 10.6 Å². The summed E-state index contributed by atoms with van der Waals surface area (Å²) in [7, 11) is 0. The summed E-state index contributed by atoms with van der Waals surface area (Å²) in [6.07, 6.45) is 0.0517. The van der Waals surface area contributed by atoms with Crippen LogP contribution in [-0.4, -0.2) is 48.7 Å². The van der Waals surface area contributed by atoms with Gasteiger partial charge in [0.05, 0.1) is 12.7 Å². The Morgan fingerprint density at radius 2 is 2.14 bits per heavy atom. The van der Waals surface area contributed by atoms with Gasteiger partial charge in [-0.25, -0.2) is 4.79 Å². The molecule has 1 heterocycles. The van der Waals surface area contributed by atoms with Gasteiger partial charge in [0.2, 0.25) is 0 Å². The van der Waals surface area contributed by atoms with E-state index in [-0.39, 0.29) is 24.1 Å². The number of ether oxygens (including phenoxy) is 1. The van der Waals surface area contributed by atoms with Crippen LogP contribution in [0.4, 0.5) is 10.5 Å². The first-order chi connectivity index (χ1) is 10.5. The molecule has 1 aromatic carbocycles. The van der Waals surface area contributed by atoms with Crippen LogP contribution in [0.5, 0.6) is 0 Å². The van der Waals surface area contributed by atoms with E-state index in [1.807, 2.05) is 20.8 Å². The van der Waals surface area contributed by atoms with Gasteiger partial charge in [-0.3, -0.25) is 4.79 Å². The van der Waals surface area contributed by atoms with Gasteiger partial charge in [0.1, 0.15) is 0 Å². The average molecular weight is 305 g/mol. The van der Waals surface area contributed by atoms with Gasteiger partial charge in [0.15, 0.2) is 0 Å². The Morgan fingerprint density at radius 1 is 1.36 bits per heavy atom. The van der Waals surface area contributed by atoms with Crippen LogP contribution in [0.15, 0.2) is 24.3 Å². The summed E-state index contributed by atoms with van der Waals surface area (Å²) < 4.78 is 5.45. The Labute approximate surface area is 130 Å². The second-order valence-electron chi connectivity index (χ2n) is 5.77. The molecule has 6 nitrogen and oxygen atoms in total. The number of carbonyl (C=O) groups excluding carboxylic acids is 2. The normalized spacial score (nSPS) is 18.2. The largest absolute Gasteiger partial charge is 0.375 e. The van der Waals surface area contributed by atoms with Crippen LogP contribution in [0.2, 0.25) is 0 Å². The molecular formula is C16H23N3O3. The van der Waals surface area contributed by atoms with Crippen molar-refractivity contribution in [1.82, 2.24) is 10.2 Å². The van der Waals surface area contributed by atoms with Gasteiger partial charge in [-0.15, -0.1) is 0 Å². The van der Waals surface area contributed by atoms with Crippen LogP contribution in [0, 0.1) is 0 Å². The maximum absolute atomic E-state index is 12.5. The molecule has 3 amide bonds. The molecule has 0 aliphatic carbocycles. The van der Waals surface area contributed by atoms with Gasteiger partial charge in [-0.1, -0.05) is 6.07 Å². The van der Waals surface area contributed by atoms with Gasteiger partial charge in [-0.05, 0) is 39.0 Å². The van der Waals surface area contributed by atoms with Crippen LogP contribution in [0.3, 0.4) is 0 Å². The molecule has 0 radical (unpaired) electrons. The van der Waals surface area contributed by atoms with Gasteiger partial charge in [-0.2, -0.15) is 0 Å². The molecule has 1 aromatic rings. The summed E-state index contributed by atoms with van der Waals surface area (Å²) >= 11 is 0. The molecule has 2 N–H and O–H groups in total. The van der Waals surface area contributed by atoms with E-state index >= 15 is 0 Å². The van der Waals surface area contributed by atoms with E-state index in [9.17, 15) is 9.59 Å². The lowest BCUT2D eigenvalue weighted by Gasteiger charge is -2.31. The fraction of sp³-hybridized carbons (Fsp3) is 0.500. The summed E-state index contributed by atoms with van der Waals surface area (Å²) in [5.74, 6) is -0.0388. The summed E-state index contributed by atoms with van der Waals surface area (Å²) in [6.45, 7) is 7.46. The number of nitrogens with one attached hydrogen (secondary N) is 2. The highest BCUT2D eigenvalue weighted by Crippen LogP contribution is 2.15. The van der Waals surface area contributed by atoms with Crippen molar-refractivity contribution < 1.29 is 14.3 Å². The second-order valence-corrected chi connectivity index (χ2v) is 5.77. The van der Waals surface area contributed by atoms with E-state index in [1.54, 1.807) is 29.2 Å². The minimum absolute atomic E-state index is 0.0388. The lowest BCUT2D eigenvalue weighted by molar-refractivity contribution is -0.0124. The first kappa shape index (κ1) is 16.3. The van der Waals surface area contributed by atoms with Crippen LogP contribution in [0.25, 0.3) is 0 Å². The molecule has 0 bridgehead atoms. The van der Waals surface area contributed by atoms with Crippen LogP contribution in [0.1, 0.15) is 31.1 Å². The maximum Gasteiger partial charge on any atom is 0.319 e. The third-order valence-corrected chi connectivity index (χ3v) is 3.32. The van der Waals surface area contributed by atoms with Crippen LogP contribution in [-0.2, 0) is 4.74 Å². The number of amides is 3. The van der Waals surface area contributed by atoms with Gasteiger partial charge < -0.3 is 20.3 Å². The molecule has 6 heteroatoms. The number of anilines is 1. The first-order valence-corrected chi connectivity index (χ1v) is 7.54. The Balaban J connectivity index is 2.04. The molecule has 0 spiro atoms. The summed E-state index contributed by atoms with van der Waals surface area (Å²) in [5.41, 5.74) is 1.17. The molecule has 120 valence electrons. The topological polar surface area (TPSA) is 70.7 Å². The minimum atomic E-state index is -0.278. The Morgan fingerprint density at radius 3 is 2.82 bits per heavy atom. The monoisotopic (exact) mass is 305 g/mol. The van der Waals surface area contributed by atoms with Gasteiger partial charge in [0, 0.05) is 30.4 Å². The lowest BCUT2D eigenvalue weighted by Crippen LogP contribution is -2.44. The van der Waals surface area contributed by atoms with Gasteiger partial charge >= 0.3 is 6.03 Å². The van der Waals surface area contributed by atoms with Crippen molar-refractivity contribution in [2.45, 2.75) is 32.9 Å². The number of rotatable bonds is 3. The van der Waals surface area contributed by atoms with Crippen molar-refractivity contribution in [3.63, 3.8) is 0 Å². The van der Waals surface area contributed by atoms with Gasteiger partial charge in [0.25, 0.3) is 5.91 Å². The summed E-state index contributed by atoms with van der Waals surface area (Å²) in [5, 5.41) is 5.48. The van der Waals surface area contributed by atoms with Crippen molar-refractivity contribution >= 4 is 17.6 Å². The zero-order chi connectivity index (χ0) is 16.1. The lowest BCUT2D eigenvalue weighted by atomic mass is 10.1. The van der Waals surface area contributed by atoms with Crippen molar-refractivity contribution in [1.29, 1.82) is 0 Å². The predicted octanol–water partition coefficient (Wildman–Crippen LogP) is 2.08. The number of carbonyl (C=O) groups is 2. The molecule has 1 aliphatic heterocycles. The van der Waals surface area contributed by atoms with Crippen LogP contribution >= 0.6 is 0 Å². The average Bonchev–Trinajstić information content (AvgIpc) is 2.45. The zero-order valence-electron chi connectivity index (χ0n) is 13.3. The molecule has 1 aliphatic rings. The Kier molecular flexibility index (Phi) is 5.38. The van der Waals surface area contributed by atoms with Crippen molar-refractivity contribution in [3.05, 3.63) is 29.8 Å². The molecule has 1 fully saturated rings. The molecule has 1 unspecified atom stereocenters. The maximum atomic E-state index is 12.5. The molecule has 1 saturated heterocycles. The van der Waals surface area contributed by atoms with E-state index in [2.05, 4.69) is 10.6 Å². The first-order valence-electron chi connectivity index (χ1n) is 7.54. The second kappa shape index (κ2) is 7.26. The fourth-order valence-electron chi connectivity index (χ4n) is 2.34. The Bertz CT molecular complexity index is 545. The molecule has 1 atom stereocenters. The SMILES string of the molecule is CC(C)NC(=O)Nc1cccc(C(=O)N2CCOC(C)C2)c1. The predicted molar refractivity (Wildman–Crippen MR) is 85.0 cm³/mol. The molecule has 0 aromatic heterocycles. The van der Waals surface area contributed by atoms with E-state index in [4.69, 9.17) is 4.74 Å². The number of urea groups is 1. The molecular weight excluding hydrogens is 282 g/mol. The standard InChI is InChI=1S/C16H23N3O3/c1-11(2)17-16(21)18-14-6-4-5-13(9-14)15(20)19-7-8-22-12(3)10-19/h4-6,9,11-12H,7-8,10H2,1-3H3,(H2,17,18,21). The zero-order valence-corrected chi connectivity index (χ0v) is 13.3. The highest BCUT2D eigenvalue weighted by atomic mass is 16.5. The van der Waals surface area contributed by atoms with Crippen molar-refractivity contribution in [3.8, 4) is 0 Å². The quantitative estimate of drug-likeness (QED) is 0.898. The number of benzene rings is 1. The third kappa shape index (κ3) is 4.46. The van der Waals surface area contributed by atoms with Crippen molar-refractivity contribution in [2.75, 3.05) is 25.0 Å². The number of hydrogen-bond donors (Lipinski definition) is 2. The third-order valence-electron chi connectivity index (χ3n) is 3.32. The molecule has 2 rings (SSSR count). The Hall–Kier alpha value is -2.08. The highest BCUT2D eigenvalue weighted by molar-refractivity contribution is 5.97. The molecule has 22 heavy (non-hydrogen) atoms. The number of nitrogens with zero attached hydrogens (tertiary/aromatic N) is 1. The smallest absolute Gasteiger partial charge is 0.319 e. The molecule has 0 saturated carbocycles. The number of hydrogen-bond acceptors (Lipinski definition) is 3. The summed E-state index contributed by atoms with van der Waals surface area (Å²) in [4.78, 5) is 26.0. The van der Waals surface area contributed by atoms with E-state index in [0.717, 1.165) is 0 Å². The van der Waals surface area contributed by atoms with E-state index < -0.39 is 0 Å². The summed E-state index contributed by atoms with van der Waals surface area (Å²) in [6, 6.07) is 6.76. The minimum Gasteiger partial charge on any atom is -0.375 e.